The first-order chi connectivity index (χ1) is 11.4. The molecule has 0 fully saturated rings. The highest BCUT2D eigenvalue weighted by molar-refractivity contribution is 7.54. The minimum atomic E-state index is -3.12. The van der Waals surface area contributed by atoms with Crippen molar-refractivity contribution in [2.45, 2.75) is 59.8 Å². The molecule has 146 valence electrons. The van der Waals surface area contributed by atoms with Crippen LogP contribution in [0.5, 0.6) is 0 Å². The molecule has 0 aromatic heterocycles. The van der Waals surface area contributed by atoms with Crippen LogP contribution in [0.3, 0.4) is 0 Å². The SMILES string of the molecule is CCO[Si](CCCNC(C)P(=O)(OCC)OCC)(OCC)OCC. The lowest BCUT2D eigenvalue weighted by Crippen LogP contribution is -2.46. The molecular weight excluding hydrogens is 349 g/mol. The van der Waals surface area contributed by atoms with Gasteiger partial charge in [0.15, 0.2) is 0 Å². The van der Waals surface area contributed by atoms with Gasteiger partial charge in [-0.2, -0.15) is 0 Å². The highest BCUT2D eigenvalue weighted by Crippen LogP contribution is 2.51. The van der Waals surface area contributed by atoms with Gasteiger partial charge in [0.1, 0.15) is 5.78 Å². The average molecular weight is 386 g/mol. The summed E-state index contributed by atoms with van der Waals surface area (Å²) >= 11 is 0. The smallest absolute Gasteiger partial charge is 0.374 e. The third-order valence-electron chi connectivity index (χ3n) is 3.28. The first kappa shape index (κ1) is 24.2. The van der Waals surface area contributed by atoms with Gasteiger partial charge in [-0.15, -0.1) is 0 Å². The molecule has 0 radical (unpaired) electrons. The van der Waals surface area contributed by atoms with Gasteiger partial charge in [-0.25, -0.2) is 0 Å². The van der Waals surface area contributed by atoms with Gasteiger partial charge < -0.3 is 27.6 Å². The van der Waals surface area contributed by atoms with E-state index in [1.54, 1.807) is 0 Å². The van der Waals surface area contributed by atoms with E-state index in [-0.39, 0.29) is 5.78 Å². The van der Waals surface area contributed by atoms with Crippen LogP contribution in [0.4, 0.5) is 0 Å². The lowest BCUT2D eigenvalue weighted by molar-refractivity contribution is 0.0708. The molecule has 0 amide bonds. The second kappa shape index (κ2) is 13.4. The first-order valence-electron chi connectivity index (χ1n) is 8.97. The molecule has 0 aliphatic rings. The highest BCUT2D eigenvalue weighted by atomic mass is 31.2. The highest BCUT2D eigenvalue weighted by Gasteiger charge is 2.40. The molecule has 1 N–H and O–H groups in total. The Morgan fingerprint density at radius 1 is 0.875 bits per heavy atom. The van der Waals surface area contributed by atoms with Gasteiger partial charge in [-0.1, -0.05) is 0 Å². The minimum absolute atomic E-state index is 0.359. The Balaban J connectivity index is 4.52. The standard InChI is InChI=1S/C15H36NO6PSi/c1-7-18-23(17,19-8-2)15(6)16-13-12-14-24(20-9-3,21-10-4)22-11-5/h15-16H,7-14H2,1-6H3. The molecular formula is C15H36NO6PSi. The summed E-state index contributed by atoms with van der Waals surface area (Å²) in [4.78, 5) is 0. The largest absolute Gasteiger partial charge is 0.500 e. The monoisotopic (exact) mass is 385 g/mol. The molecule has 9 heteroatoms. The van der Waals surface area contributed by atoms with Gasteiger partial charge in [0.25, 0.3) is 0 Å². The van der Waals surface area contributed by atoms with E-state index in [4.69, 9.17) is 22.3 Å². The van der Waals surface area contributed by atoms with E-state index in [0.29, 0.717) is 39.6 Å². The van der Waals surface area contributed by atoms with E-state index in [1.165, 1.54) is 0 Å². The second-order valence-corrected chi connectivity index (χ2v) is 10.2. The topological polar surface area (TPSA) is 75.3 Å². The van der Waals surface area contributed by atoms with Crippen molar-refractivity contribution in [3.8, 4) is 0 Å². The van der Waals surface area contributed by atoms with Crippen LogP contribution in [-0.2, 0) is 26.9 Å². The van der Waals surface area contributed by atoms with Crippen molar-refractivity contribution in [3.05, 3.63) is 0 Å². The number of rotatable bonds is 16. The van der Waals surface area contributed by atoms with Crippen LogP contribution in [0.2, 0.25) is 6.04 Å². The van der Waals surface area contributed by atoms with Crippen molar-refractivity contribution >= 4 is 16.4 Å². The molecule has 0 heterocycles. The lowest BCUT2D eigenvalue weighted by Gasteiger charge is -2.29. The molecule has 0 saturated heterocycles. The lowest BCUT2D eigenvalue weighted by atomic mass is 10.5. The van der Waals surface area contributed by atoms with Crippen molar-refractivity contribution in [3.63, 3.8) is 0 Å². The quantitative estimate of drug-likeness (QED) is 0.247. The fourth-order valence-corrected chi connectivity index (χ4v) is 6.56. The van der Waals surface area contributed by atoms with Crippen molar-refractivity contribution in [2.24, 2.45) is 0 Å². The Hall–Kier alpha value is 0.207. The van der Waals surface area contributed by atoms with E-state index < -0.39 is 16.4 Å². The Morgan fingerprint density at radius 2 is 1.33 bits per heavy atom. The zero-order chi connectivity index (χ0) is 18.5. The van der Waals surface area contributed by atoms with E-state index in [0.717, 1.165) is 12.5 Å². The van der Waals surface area contributed by atoms with Crippen LogP contribution in [0.1, 0.15) is 48.0 Å². The second-order valence-electron chi connectivity index (χ2n) is 5.09. The van der Waals surface area contributed by atoms with Gasteiger partial charge >= 0.3 is 16.4 Å². The average Bonchev–Trinajstić information content (AvgIpc) is 2.52. The summed E-state index contributed by atoms with van der Waals surface area (Å²) in [6.07, 6.45) is 0.800. The molecule has 0 aliphatic heterocycles. The third-order valence-corrected chi connectivity index (χ3v) is 8.80. The number of nitrogens with one attached hydrogen (secondary N) is 1. The fraction of sp³-hybridized carbons (Fsp3) is 1.00. The van der Waals surface area contributed by atoms with Gasteiger partial charge in [0.2, 0.25) is 0 Å². The molecule has 0 aliphatic carbocycles. The third kappa shape index (κ3) is 8.54. The number of hydrogen-bond acceptors (Lipinski definition) is 7. The normalized spacial score (nSPS) is 14.1. The molecule has 0 bridgehead atoms. The Bertz CT molecular complexity index is 334. The van der Waals surface area contributed by atoms with Gasteiger partial charge in [-0.05, 0) is 54.5 Å². The van der Waals surface area contributed by atoms with Crippen LogP contribution >= 0.6 is 7.60 Å². The van der Waals surface area contributed by atoms with Crippen LogP contribution in [0, 0.1) is 0 Å². The minimum Gasteiger partial charge on any atom is -0.374 e. The van der Waals surface area contributed by atoms with Crippen molar-refractivity contribution < 1.29 is 26.9 Å². The molecule has 0 saturated carbocycles. The molecule has 0 rings (SSSR count). The summed E-state index contributed by atoms with van der Waals surface area (Å²) in [5, 5.41) is 3.23. The van der Waals surface area contributed by atoms with Gasteiger partial charge in [-0.3, -0.25) is 4.57 Å². The summed E-state index contributed by atoms with van der Waals surface area (Å²) in [5.41, 5.74) is 0. The summed E-state index contributed by atoms with van der Waals surface area (Å²) in [7, 11) is -5.74. The van der Waals surface area contributed by atoms with Crippen molar-refractivity contribution in [1.29, 1.82) is 0 Å². The van der Waals surface area contributed by atoms with E-state index >= 15 is 0 Å². The zero-order valence-corrected chi connectivity index (χ0v) is 18.0. The Labute approximate surface area is 148 Å². The van der Waals surface area contributed by atoms with Crippen LogP contribution in [-0.4, -0.2) is 54.2 Å². The molecule has 1 atom stereocenters. The zero-order valence-electron chi connectivity index (χ0n) is 16.1. The fourth-order valence-electron chi connectivity index (χ4n) is 2.35. The maximum absolute atomic E-state index is 12.6. The summed E-state index contributed by atoms with van der Waals surface area (Å²) < 4.78 is 40.8. The Kier molecular flexibility index (Phi) is 13.5. The van der Waals surface area contributed by atoms with Crippen molar-refractivity contribution in [2.75, 3.05) is 39.6 Å². The van der Waals surface area contributed by atoms with E-state index in [2.05, 4.69) is 5.32 Å². The van der Waals surface area contributed by atoms with Crippen LogP contribution in [0.25, 0.3) is 0 Å². The van der Waals surface area contributed by atoms with E-state index in [1.807, 2.05) is 41.5 Å². The maximum Gasteiger partial charge on any atom is 0.500 e. The van der Waals surface area contributed by atoms with Crippen molar-refractivity contribution in [1.82, 2.24) is 5.32 Å². The summed E-state index contributed by atoms with van der Waals surface area (Å²) in [6, 6.07) is 0.718. The van der Waals surface area contributed by atoms with Crippen LogP contribution in [0.15, 0.2) is 0 Å². The Morgan fingerprint density at radius 3 is 1.71 bits per heavy atom. The summed E-state index contributed by atoms with van der Waals surface area (Å²) in [6.45, 7) is 14.4. The maximum atomic E-state index is 12.6. The van der Waals surface area contributed by atoms with Crippen LogP contribution < -0.4 is 5.32 Å². The number of hydrogen-bond donors (Lipinski definition) is 1. The molecule has 0 aromatic carbocycles. The molecule has 7 nitrogen and oxygen atoms in total. The molecule has 1 unspecified atom stereocenters. The molecule has 24 heavy (non-hydrogen) atoms. The predicted octanol–water partition coefficient (Wildman–Crippen LogP) is 3.63. The first-order valence-corrected chi connectivity index (χ1v) is 12.5. The molecule has 0 aromatic rings. The van der Waals surface area contributed by atoms with Gasteiger partial charge in [0.05, 0.1) is 13.2 Å². The van der Waals surface area contributed by atoms with Gasteiger partial charge in [0, 0.05) is 25.9 Å². The summed E-state index contributed by atoms with van der Waals surface area (Å²) in [5.74, 6) is -0.361. The van der Waals surface area contributed by atoms with E-state index in [9.17, 15) is 4.57 Å². The predicted molar refractivity (Wildman–Crippen MR) is 98.4 cm³/mol. The molecule has 0 spiro atoms.